The zero-order chi connectivity index (χ0) is 13.7. The SMILES string of the molecule is CCN(CC)c1ccc(N=NC2=NN=C[NH2+]2)c(O)c1.[Cl-]. The molecule has 1 aliphatic heterocycles. The zero-order valence-corrected chi connectivity index (χ0v) is 12.1. The molecule has 0 radical (unpaired) electrons. The lowest BCUT2D eigenvalue weighted by atomic mass is 10.2. The maximum absolute atomic E-state index is 9.94. The molecule has 8 heteroatoms. The first-order chi connectivity index (χ1) is 9.24. The van der Waals surface area contributed by atoms with Gasteiger partial charge < -0.3 is 22.4 Å². The number of halogens is 1. The number of rotatable bonds is 4. The highest BCUT2D eigenvalue weighted by atomic mass is 35.5. The Kier molecular flexibility index (Phi) is 6.08. The number of quaternary nitrogens is 1. The van der Waals surface area contributed by atoms with Crippen molar-refractivity contribution >= 4 is 23.7 Å². The van der Waals surface area contributed by atoms with Crippen LogP contribution in [0, 0.1) is 0 Å². The van der Waals surface area contributed by atoms with Gasteiger partial charge in [-0.2, -0.15) is 0 Å². The number of phenolic OH excluding ortho intramolecular Hbond substituents is 1. The Morgan fingerprint density at radius 1 is 1.25 bits per heavy atom. The quantitative estimate of drug-likeness (QED) is 0.642. The summed E-state index contributed by atoms with van der Waals surface area (Å²) < 4.78 is 0. The summed E-state index contributed by atoms with van der Waals surface area (Å²) in [5.41, 5.74) is 1.38. The van der Waals surface area contributed by atoms with Crippen molar-refractivity contribution in [1.82, 2.24) is 0 Å². The predicted molar refractivity (Wildman–Crippen MR) is 74.0 cm³/mol. The summed E-state index contributed by atoms with van der Waals surface area (Å²) in [6, 6.07) is 5.35. The minimum atomic E-state index is 0. The molecule has 7 nitrogen and oxygen atoms in total. The van der Waals surface area contributed by atoms with Gasteiger partial charge in [0.1, 0.15) is 11.4 Å². The minimum Gasteiger partial charge on any atom is -1.00 e. The molecule has 0 aromatic heterocycles. The number of nitrogens with zero attached hydrogens (tertiary/aromatic N) is 5. The molecule has 2 rings (SSSR count). The monoisotopic (exact) mass is 296 g/mol. The first-order valence-electron chi connectivity index (χ1n) is 6.18. The van der Waals surface area contributed by atoms with Crippen LogP contribution >= 0.6 is 0 Å². The second kappa shape index (κ2) is 7.56. The van der Waals surface area contributed by atoms with Gasteiger partial charge in [0.2, 0.25) is 6.34 Å². The van der Waals surface area contributed by atoms with Crippen LogP contribution in [0.4, 0.5) is 11.4 Å². The van der Waals surface area contributed by atoms with Crippen LogP contribution in [0.3, 0.4) is 0 Å². The highest BCUT2D eigenvalue weighted by Gasteiger charge is 2.08. The molecule has 0 saturated heterocycles. The number of nitrogens with two attached hydrogens (primary N) is 1. The minimum absolute atomic E-state index is 0. The van der Waals surface area contributed by atoms with E-state index in [1.165, 1.54) is 6.34 Å². The molecule has 0 bridgehead atoms. The third-order valence-corrected chi connectivity index (χ3v) is 2.80. The van der Waals surface area contributed by atoms with Crippen molar-refractivity contribution in [3.8, 4) is 5.75 Å². The molecular formula is C12H17ClN6O. The first-order valence-corrected chi connectivity index (χ1v) is 6.18. The molecule has 0 amide bonds. The summed E-state index contributed by atoms with van der Waals surface area (Å²) in [4.78, 5) is 2.14. The number of benzene rings is 1. The summed E-state index contributed by atoms with van der Waals surface area (Å²) in [5.74, 6) is 0.528. The highest BCUT2D eigenvalue weighted by Crippen LogP contribution is 2.31. The Balaban J connectivity index is 0.00000200. The lowest BCUT2D eigenvalue weighted by Crippen LogP contribution is -3.00. The van der Waals surface area contributed by atoms with Gasteiger partial charge >= 0.3 is 5.96 Å². The standard InChI is InChI=1S/C12H16N6O.ClH/c1-3-18(4-2)9-5-6-10(11(19)7-9)15-17-12-13-8-14-16-12;/h5-8,19H,3-4H2,1-2H3,(H,13,14,16);1H. The second-order valence-corrected chi connectivity index (χ2v) is 3.93. The normalized spacial score (nSPS) is 13.4. The molecule has 108 valence electrons. The molecule has 1 heterocycles. The summed E-state index contributed by atoms with van der Waals surface area (Å²) in [6.07, 6.45) is 1.54. The van der Waals surface area contributed by atoms with E-state index in [0.29, 0.717) is 11.6 Å². The van der Waals surface area contributed by atoms with Gasteiger partial charge in [0.05, 0.1) is 0 Å². The Hall–Kier alpha value is -1.99. The van der Waals surface area contributed by atoms with Crippen molar-refractivity contribution in [3.05, 3.63) is 18.2 Å². The largest absolute Gasteiger partial charge is 1.00 e. The van der Waals surface area contributed by atoms with E-state index < -0.39 is 0 Å². The van der Waals surface area contributed by atoms with Gasteiger partial charge in [-0.3, -0.25) is 0 Å². The topological polar surface area (TPSA) is 89.5 Å². The number of hydrogen-bond donors (Lipinski definition) is 2. The van der Waals surface area contributed by atoms with Crippen molar-refractivity contribution in [2.45, 2.75) is 13.8 Å². The molecule has 3 N–H and O–H groups in total. The lowest BCUT2D eigenvalue weighted by Gasteiger charge is -2.21. The molecule has 0 fully saturated rings. The van der Waals surface area contributed by atoms with E-state index in [1.807, 2.05) is 6.07 Å². The van der Waals surface area contributed by atoms with Crippen LogP contribution in [0.25, 0.3) is 0 Å². The molecule has 0 aliphatic carbocycles. The van der Waals surface area contributed by atoms with Crippen molar-refractivity contribution in [2.24, 2.45) is 20.4 Å². The molecule has 1 aromatic rings. The Morgan fingerprint density at radius 2 is 2.00 bits per heavy atom. The van der Waals surface area contributed by atoms with Gasteiger partial charge in [0.25, 0.3) is 0 Å². The van der Waals surface area contributed by atoms with Crippen LogP contribution in [-0.2, 0) is 0 Å². The number of anilines is 1. The van der Waals surface area contributed by atoms with Crippen LogP contribution in [0.2, 0.25) is 0 Å². The summed E-state index contributed by atoms with van der Waals surface area (Å²) in [7, 11) is 0. The second-order valence-electron chi connectivity index (χ2n) is 3.93. The maximum atomic E-state index is 9.94. The number of hydrogen-bond acceptors (Lipinski definition) is 6. The fourth-order valence-corrected chi connectivity index (χ4v) is 1.77. The number of guanidine groups is 1. The molecular weight excluding hydrogens is 280 g/mol. The van der Waals surface area contributed by atoms with Crippen molar-refractivity contribution < 1.29 is 22.8 Å². The van der Waals surface area contributed by atoms with Gasteiger partial charge in [0, 0.05) is 24.8 Å². The lowest BCUT2D eigenvalue weighted by molar-refractivity contribution is -0.394. The van der Waals surface area contributed by atoms with Gasteiger partial charge in [-0.15, -0.1) is 5.11 Å². The van der Waals surface area contributed by atoms with Gasteiger partial charge in [-0.05, 0) is 26.0 Å². The smallest absolute Gasteiger partial charge is 0.369 e. The van der Waals surface area contributed by atoms with Crippen LogP contribution in [0.15, 0.2) is 38.6 Å². The average molecular weight is 297 g/mol. The van der Waals surface area contributed by atoms with E-state index in [4.69, 9.17) is 0 Å². The summed E-state index contributed by atoms with van der Waals surface area (Å²) in [5, 5.41) is 26.8. The average Bonchev–Trinajstić information content (AvgIpc) is 2.92. The van der Waals surface area contributed by atoms with E-state index >= 15 is 0 Å². The number of aromatic hydroxyl groups is 1. The van der Waals surface area contributed by atoms with Gasteiger partial charge in [-0.25, -0.2) is 5.32 Å². The Labute approximate surface area is 123 Å². The van der Waals surface area contributed by atoms with Crippen molar-refractivity contribution in [1.29, 1.82) is 0 Å². The summed E-state index contributed by atoms with van der Waals surface area (Å²) >= 11 is 0. The third kappa shape index (κ3) is 3.75. The van der Waals surface area contributed by atoms with Crippen molar-refractivity contribution in [3.63, 3.8) is 0 Å². The fourth-order valence-electron chi connectivity index (χ4n) is 1.77. The van der Waals surface area contributed by atoms with E-state index in [1.54, 1.807) is 17.4 Å². The van der Waals surface area contributed by atoms with Gasteiger partial charge in [0.15, 0.2) is 0 Å². The first kappa shape index (κ1) is 16.1. The Morgan fingerprint density at radius 3 is 2.55 bits per heavy atom. The van der Waals surface area contributed by atoms with Crippen LogP contribution in [0.1, 0.15) is 13.8 Å². The van der Waals surface area contributed by atoms with Crippen molar-refractivity contribution in [2.75, 3.05) is 18.0 Å². The molecule has 20 heavy (non-hydrogen) atoms. The van der Waals surface area contributed by atoms with E-state index in [0.717, 1.165) is 18.8 Å². The van der Waals surface area contributed by atoms with Gasteiger partial charge in [-0.1, -0.05) is 15.3 Å². The Bertz CT molecular complexity index is 539. The number of azo groups is 1. The summed E-state index contributed by atoms with van der Waals surface area (Å²) in [6.45, 7) is 5.92. The van der Waals surface area contributed by atoms with E-state index in [-0.39, 0.29) is 18.2 Å². The molecule has 0 spiro atoms. The number of phenols is 1. The molecule has 0 saturated carbocycles. The fraction of sp³-hybridized carbons (Fsp3) is 0.333. The van der Waals surface area contributed by atoms with E-state index in [2.05, 4.69) is 39.2 Å². The highest BCUT2D eigenvalue weighted by molar-refractivity contribution is 5.78. The zero-order valence-electron chi connectivity index (χ0n) is 11.4. The maximum Gasteiger partial charge on any atom is 0.369 e. The molecule has 0 atom stereocenters. The third-order valence-electron chi connectivity index (χ3n) is 2.80. The van der Waals surface area contributed by atoms with Crippen LogP contribution < -0.4 is 22.6 Å². The van der Waals surface area contributed by atoms with E-state index in [9.17, 15) is 5.11 Å². The van der Waals surface area contributed by atoms with Crippen LogP contribution in [0.5, 0.6) is 5.75 Å². The molecule has 1 aliphatic rings. The molecule has 0 unspecified atom stereocenters. The van der Waals surface area contributed by atoms with Crippen LogP contribution in [-0.4, -0.2) is 30.5 Å². The molecule has 1 aromatic carbocycles. The predicted octanol–water partition coefficient (Wildman–Crippen LogP) is -1.80.